The van der Waals surface area contributed by atoms with Crippen molar-refractivity contribution in [2.24, 2.45) is 0 Å². The van der Waals surface area contributed by atoms with Crippen molar-refractivity contribution in [1.82, 2.24) is 9.78 Å². The topological polar surface area (TPSA) is 46.9 Å². The maximum absolute atomic E-state index is 12.4. The van der Waals surface area contributed by atoms with Crippen molar-refractivity contribution in [3.63, 3.8) is 0 Å². The van der Waals surface area contributed by atoms with Gasteiger partial charge in [0.15, 0.2) is 0 Å². The van der Waals surface area contributed by atoms with Crippen LogP contribution in [0, 0.1) is 20.8 Å². The van der Waals surface area contributed by atoms with E-state index in [4.69, 9.17) is 16.7 Å². The number of thioether (sulfide) groups is 1. The largest absolute Gasteiger partial charge is 0.310 e. The standard InChI is InChI=1S/C21H20ClN3OS/c1-12-4-5-13(2)17(10-12)20-19-14(3)24-25(16-8-6-15(22)7-9-16)21(19)23-18(26)11-27-20/h4-10,20H,11H2,1-3H3,(H,23,26)/t20-/m0/s1. The zero-order valence-corrected chi connectivity index (χ0v) is 17.0. The third-order valence-electron chi connectivity index (χ3n) is 4.80. The molecular weight excluding hydrogens is 378 g/mol. The highest BCUT2D eigenvalue weighted by Crippen LogP contribution is 2.45. The van der Waals surface area contributed by atoms with Crippen LogP contribution in [-0.2, 0) is 4.79 Å². The van der Waals surface area contributed by atoms with Gasteiger partial charge in [-0.25, -0.2) is 4.68 Å². The summed E-state index contributed by atoms with van der Waals surface area (Å²) in [7, 11) is 0. The highest BCUT2D eigenvalue weighted by molar-refractivity contribution is 8.00. The zero-order chi connectivity index (χ0) is 19.1. The first-order chi connectivity index (χ1) is 12.9. The third kappa shape index (κ3) is 3.37. The molecule has 138 valence electrons. The van der Waals surface area contributed by atoms with Gasteiger partial charge < -0.3 is 5.32 Å². The first-order valence-corrected chi connectivity index (χ1v) is 10.2. The van der Waals surface area contributed by atoms with Crippen LogP contribution in [-0.4, -0.2) is 21.4 Å². The third-order valence-corrected chi connectivity index (χ3v) is 6.30. The van der Waals surface area contributed by atoms with E-state index in [1.54, 1.807) is 11.8 Å². The van der Waals surface area contributed by atoms with Crippen molar-refractivity contribution in [2.75, 3.05) is 11.1 Å². The lowest BCUT2D eigenvalue weighted by molar-refractivity contribution is -0.113. The molecule has 0 saturated carbocycles. The number of carbonyl (C=O) groups excluding carboxylic acids is 1. The summed E-state index contributed by atoms with van der Waals surface area (Å²) < 4.78 is 1.81. The molecule has 6 heteroatoms. The lowest BCUT2D eigenvalue weighted by Gasteiger charge is -2.18. The quantitative estimate of drug-likeness (QED) is 0.644. The molecule has 3 aromatic rings. The number of aromatic nitrogens is 2. The monoisotopic (exact) mass is 397 g/mol. The summed E-state index contributed by atoms with van der Waals surface area (Å²) in [6.07, 6.45) is 0. The first kappa shape index (κ1) is 18.1. The molecule has 1 aromatic heterocycles. The van der Waals surface area contributed by atoms with Crippen LogP contribution in [0.15, 0.2) is 42.5 Å². The summed E-state index contributed by atoms with van der Waals surface area (Å²) in [6.45, 7) is 6.22. The van der Waals surface area contributed by atoms with Gasteiger partial charge in [0.25, 0.3) is 0 Å². The van der Waals surface area contributed by atoms with E-state index in [1.165, 1.54) is 16.7 Å². The Labute approximate surface area is 167 Å². The molecule has 0 saturated heterocycles. The van der Waals surface area contributed by atoms with E-state index in [9.17, 15) is 4.79 Å². The number of aryl methyl sites for hydroxylation is 3. The fraction of sp³-hybridized carbons (Fsp3) is 0.238. The number of hydrogen-bond acceptors (Lipinski definition) is 3. The molecule has 1 aliphatic rings. The van der Waals surface area contributed by atoms with Gasteiger partial charge in [0.2, 0.25) is 5.91 Å². The molecule has 0 bridgehead atoms. The Morgan fingerprint density at radius 2 is 1.89 bits per heavy atom. The molecule has 1 amide bonds. The summed E-state index contributed by atoms with van der Waals surface area (Å²) in [5.41, 5.74) is 6.52. The number of nitrogens with zero attached hydrogens (tertiary/aromatic N) is 2. The van der Waals surface area contributed by atoms with Crippen LogP contribution >= 0.6 is 23.4 Å². The van der Waals surface area contributed by atoms with Gasteiger partial charge >= 0.3 is 0 Å². The molecule has 0 aliphatic carbocycles. The minimum atomic E-state index is -0.0100. The van der Waals surface area contributed by atoms with Gasteiger partial charge in [0.1, 0.15) is 5.82 Å². The maximum atomic E-state index is 12.4. The second kappa shape index (κ2) is 7.06. The smallest absolute Gasteiger partial charge is 0.235 e. The summed E-state index contributed by atoms with van der Waals surface area (Å²) in [5.74, 6) is 1.15. The molecule has 27 heavy (non-hydrogen) atoms. The van der Waals surface area contributed by atoms with Crippen LogP contribution < -0.4 is 5.32 Å². The van der Waals surface area contributed by atoms with E-state index in [2.05, 4.69) is 37.4 Å². The predicted molar refractivity (Wildman–Crippen MR) is 112 cm³/mol. The van der Waals surface area contributed by atoms with E-state index < -0.39 is 0 Å². The van der Waals surface area contributed by atoms with E-state index in [0.717, 1.165) is 22.8 Å². The maximum Gasteiger partial charge on any atom is 0.235 e. The molecule has 4 rings (SSSR count). The van der Waals surface area contributed by atoms with Crippen molar-refractivity contribution in [3.8, 4) is 5.69 Å². The van der Waals surface area contributed by atoms with E-state index >= 15 is 0 Å². The molecule has 1 atom stereocenters. The van der Waals surface area contributed by atoms with Crippen molar-refractivity contribution in [2.45, 2.75) is 26.0 Å². The lowest BCUT2D eigenvalue weighted by Crippen LogP contribution is -2.15. The van der Waals surface area contributed by atoms with Crippen LogP contribution in [0.2, 0.25) is 5.02 Å². The number of benzene rings is 2. The van der Waals surface area contributed by atoms with E-state index in [-0.39, 0.29) is 11.2 Å². The molecule has 0 spiro atoms. The number of rotatable bonds is 2. The second-order valence-corrected chi connectivity index (χ2v) is 8.37. The fourth-order valence-corrected chi connectivity index (χ4v) is 4.84. The molecular formula is C21H20ClN3OS. The van der Waals surface area contributed by atoms with Gasteiger partial charge in [-0.2, -0.15) is 5.10 Å². The van der Waals surface area contributed by atoms with Crippen LogP contribution in [0.5, 0.6) is 0 Å². The summed E-state index contributed by atoms with van der Waals surface area (Å²) in [6, 6.07) is 14.0. The number of hydrogen-bond donors (Lipinski definition) is 1. The number of fused-ring (bicyclic) bond motifs is 1. The Kier molecular flexibility index (Phi) is 4.74. The SMILES string of the molecule is Cc1ccc(C)c([C@@H]2SCC(=O)Nc3c2c(C)nn3-c2ccc(Cl)cc2)c1. The molecule has 0 unspecified atom stereocenters. The number of carbonyl (C=O) groups is 1. The van der Waals surface area contributed by atoms with E-state index in [0.29, 0.717) is 10.8 Å². The number of halogens is 1. The molecule has 0 fully saturated rings. The Morgan fingerprint density at radius 3 is 2.63 bits per heavy atom. The van der Waals surface area contributed by atoms with Gasteiger partial charge in [-0.3, -0.25) is 4.79 Å². The van der Waals surface area contributed by atoms with Crippen molar-refractivity contribution in [3.05, 3.63) is 75.4 Å². The zero-order valence-electron chi connectivity index (χ0n) is 15.4. The summed E-state index contributed by atoms with van der Waals surface area (Å²) in [5, 5.41) is 8.53. The highest BCUT2D eigenvalue weighted by Gasteiger charge is 2.31. The lowest BCUT2D eigenvalue weighted by atomic mass is 9.98. The van der Waals surface area contributed by atoms with Gasteiger partial charge in [0.05, 0.1) is 22.4 Å². The first-order valence-electron chi connectivity index (χ1n) is 8.78. The van der Waals surface area contributed by atoms with Crippen LogP contribution in [0.4, 0.5) is 5.82 Å². The van der Waals surface area contributed by atoms with Crippen molar-refractivity contribution < 1.29 is 4.79 Å². The fourth-order valence-electron chi connectivity index (χ4n) is 3.44. The molecule has 4 nitrogen and oxygen atoms in total. The Bertz CT molecular complexity index is 1030. The predicted octanol–water partition coefficient (Wildman–Crippen LogP) is 5.23. The number of nitrogens with one attached hydrogen (secondary N) is 1. The number of amides is 1. The highest BCUT2D eigenvalue weighted by atomic mass is 35.5. The van der Waals surface area contributed by atoms with Crippen LogP contribution in [0.3, 0.4) is 0 Å². The minimum Gasteiger partial charge on any atom is -0.310 e. The van der Waals surface area contributed by atoms with Crippen LogP contribution in [0.25, 0.3) is 5.69 Å². The molecule has 1 aliphatic heterocycles. The molecule has 2 heterocycles. The number of anilines is 1. The normalized spacial score (nSPS) is 16.6. The summed E-state index contributed by atoms with van der Waals surface area (Å²) >= 11 is 7.68. The van der Waals surface area contributed by atoms with Crippen LogP contribution in [0.1, 0.15) is 33.2 Å². The van der Waals surface area contributed by atoms with Gasteiger partial charge in [-0.1, -0.05) is 35.4 Å². The Morgan fingerprint density at radius 1 is 1.15 bits per heavy atom. The Balaban J connectivity index is 1.91. The van der Waals surface area contributed by atoms with Gasteiger partial charge in [-0.05, 0) is 56.2 Å². The Hall–Kier alpha value is -2.24. The molecule has 2 aromatic carbocycles. The molecule has 0 radical (unpaired) electrons. The second-order valence-electron chi connectivity index (χ2n) is 6.84. The van der Waals surface area contributed by atoms with Gasteiger partial charge in [-0.15, -0.1) is 11.8 Å². The van der Waals surface area contributed by atoms with Gasteiger partial charge in [0, 0.05) is 10.6 Å². The minimum absolute atomic E-state index is 0.0100. The van der Waals surface area contributed by atoms with Crippen molar-refractivity contribution in [1.29, 1.82) is 0 Å². The van der Waals surface area contributed by atoms with E-state index in [1.807, 2.05) is 35.9 Å². The average Bonchev–Trinajstić information content (AvgIpc) is 2.84. The molecule has 1 N–H and O–H groups in total. The van der Waals surface area contributed by atoms with Crippen molar-refractivity contribution >= 4 is 35.1 Å². The summed E-state index contributed by atoms with van der Waals surface area (Å²) in [4.78, 5) is 12.4. The average molecular weight is 398 g/mol.